The highest BCUT2D eigenvalue weighted by atomic mass is 16.4. The molecule has 0 unspecified atom stereocenters. The normalized spacial score (nSPS) is 11.4. The number of rotatable bonds is 10. The zero-order valence-corrected chi connectivity index (χ0v) is 21.0. The number of unbranched alkanes of at least 4 members (excludes halogenated alkanes) is 1. The summed E-state index contributed by atoms with van der Waals surface area (Å²) in [7, 11) is 0. The van der Waals surface area contributed by atoms with Crippen LogP contribution in [0.4, 0.5) is 0 Å². The third kappa shape index (κ3) is 8.00. The molecule has 10 nitrogen and oxygen atoms in total. The lowest BCUT2D eigenvalue weighted by Gasteiger charge is -2.32. The van der Waals surface area contributed by atoms with Crippen molar-refractivity contribution in [3.8, 4) is 22.5 Å². The van der Waals surface area contributed by atoms with Crippen molar-refractivity contribution in [1.29, 1.82) is 0 Å². The highest BCUT2D eigenvalue weighted by Crippen LogP contribution is 2.30. The van der Waals surface area contributed by atoms with Gasteiger partial charge in [0.1, 0.15) is 6.04 Å². The Morgan fingerprint density at radius 3 is 2.11 bits per heavy atom. The number of carbonyl (C=O) groups excluding carboxylic acids is 1. The van der Waals surface area contributed by atoms with Gasteiger partial charge in [0.15, 0.2) is 5.82 Å². The first-order valence-electron chi connectivity index (χ1n) is 11.8. The van der Waals surface area contributed by atoms with Gasteiger partial charge in [-0.15, -0.1) is 5.10 Å². The standard InChI is InChI=1S/C24H29N5O3.C2H4O2/c1-4-5-10-21(30)29(22(16(2)3)24(31)32)15-17-11-13-18(14-12-17)19-8-6-7-9-20(19)23-25-27-28-26-23;1-2(3)4/h6-9,11-14,16,22H,4-5,10,15H2,1-3H3,(H,31,32)(H,25,26,27,28);1H3,(H,3,4)/t22-;/m0./s1. The summed E-state index contributed by atoms with van der Waals surface area (Å²) in [6, 6.07) is 14.8. The number of aliphatic carboxylic acids is 2. The van der Waals surface area contributed by atoms with Gasteiger partial charge in [-0.05, 0) is 39.5 Å². The minimum atomic E-state index is -0.976. The predicted octanol–water partition coefficient (Wildman–Crippen LogP) is 4.25. The van der Waals surface area contributed by atoms with E-state index in [0.29, 0.717) is 12.2 Å². The Labute approximate surface area is 210 Å². The molecule has 1 aromatic heterocycles. The molecule has 0 aliphatic carbocycles. The Morgan fingerprint density at radius 2 is 1.61 bits per heavy atom. The number of nitrogens with zero attached hydrogens (tertiary/aromatic N) is 4. The van der Waals surface area contributed by atoms with Crippen LogP contribution in [-0.4, -0.2) is 59.6 Å². The molecule has 3 aromatic rings. The third-order valence-electron chi connectivity index (χ3n) is 5.43. The van der Waals surface area contributed by atoms with E-state index in [4.69, 9.17) is 9.90 Å². The number of aromatic nitrogens is 4. The number of amides is 1. The second-order valence-electron chi connectivity index (χ2n) is 8.66. The van der Waals surface area contributed by atoms with E-state index in [1.807, 2.05) is 69.3 Å². The van der Waals surface area contributed by atoms with Crippen LogP contribution in [0.5, 0.6) is 0 Å². The Morgan fingerprint density at radius 1 is 1.00 bits per heavy atom. The van der Waals surface area contributed by atoms with Gasteiger partial charge in [0.05, 0.1) is 0 Å². The molecule has 0 aliphatic heterocycles. The lowest BCUT2D eigenvalue weighted by molar-refractivity contribution is -0.153. The van der Waals surface area contributed by atoms with Crippen LogP contribution in [0.2, 0.25) is 0 Å². The van der Waals surface area contributed by atoms with Gasteiger partial charge in [0.25, 0.3) is 5.97 Å². The van der Waals surface area contributed by atoms with Crippen LogP contribution in [0.25, 0.3) is 22.5 Å². The van der Waals surface area contributed by atoms with Crippen molar-refractivity contribution in [2.45, 2.75) is 59.5 Å². The number of hydrogen-bond acceptors (Lipinski definition) is 6. The molecule has 1 heterocycles. The van der Waals surface area contributed by atoms with Crippen molar-refractivity contribution in [3.05, 3.63) is 54.1 Å². The summed E-state index contributed by atoms with van der Waals surface area (Å²) >= 11 is 0. The third-order valence-corrected chi connectivity index (χ3v) is 5.43. The number of H-pyrrole nitrogens is 1. The number of nitrogens with one attached hydrogen (secondary N) is 1. The molecule has 0 saturated heterocycles. The maximum Gasteiger partial charge on any atom is 0.326 e. The van der Waals surface area contributed by atoms with Crippen molar-refractivity contribution in [2.24, 2.45) is 5.92 Å². The van der Waals surface area contributed by atoms with Gasteiger partial charge in [-0.1, -0.05) is 75.7 Å². The second-order valence-corrected chi connectivity index (χ2v) is 8.66. The fraction of sp³-hybridized carbons (Fsp3) is 0.385. The van der Waals surface area contributed by atoms with Gasteiger partial charge in [-0.25, -0.2) is 9.89 Å². The van der Waals surface area contributed by atoms with Crippen molar-refractivity contribution in [2.75, 3.05) is 0 Å². The molecular weight excluding hydrogens is 462 g/mol. The van der Waals surface area contributed by atoms with Crippen molar-refractivity contribution in [3.63, 3.8) is 0 Å². The minimum Gasteiger partial charge on any atom is -0.481 e. The first kappa shape index (κ1) is 28.2. The highest BCUT2D eigenvalue weighted by molar-refractivity contribution is 5.84. The molecular formula is C26H33N5O5. The van der Waals surface area contributed by atoms with E-state index in [2.05, 4.69) is 20.6 Å². The van der Waals surface area contributed by atoms with Crippen molar-refractivity contribution < 1.29 is 24.6 Å². The molecule has 0 bridgehead atoms. The molecule has 2 aromatic carbocycles. The maximum absolute atomic E-state index is 12.9. The van der Waals surface area contributed by atoms with Gasteiger partial charge < -0.3 is 15.1 Å². The summed E-state index contributed by atoms with van der Waals surface area (Å²) in [4.78, 5) is 35.3. The fourth-order valence-electron chi connectivity index (χ4n) is 3.79. The number of aromatic amines is 1. The van der Waals surface area contributed by atoms with Gasteiger partial charge in [-0.2, -0.15) is 0 Å². The average molecular weight is 496 g/mol. The molecule has 10 heteroatoms. The molecule has 0 saturated carbocycles. The van der Waals surface area contributed by atoms with Crippen LogP contribution in [0.3, 0.4) is 0 Å². The lowest BCUT2D eigenvalue weighted by Crippen LogP contribution is -2.47. The summed E-state index contributed by atoms with van der Waals surface area (Å²) in [6.45, 7) is 7.01. The topological polar surface area (TPSA) is 149 Å². The summed E-state index contributed by atoms with van der Waals surface area (Å²) in [5.74, 6) is -1.55. The minimum absolute atomic E-state index is 0.125. The molecule has 1 atom stereocenters. The van der Waals surface area contributed by atoms with E-state index in [0.717, 1.165) is 42.0 Å². The first-order valence-corrected chi connectivity index (χ1v) is 11.8. The molecule has 0 aliphatic rings. The largest absolute Gasteiger partial charge is 0.481 e. The van der Waals surface area contributed by atoms with Crippen LogP contribution in [0.1, 0.15) is 52.5 Å². The quantitative estimate of drug-likeness (QED) is 0.378. The smallest absolute Gasteiger partial charge is 0.326 e. The summed E-state index contributed by atoms with van der Waals surface area (Å²) < 4.78 is 0. The van der Waals surface area contributed by atoms with E-state index in [9.17, 15) is 14.7 Å². The van der Waals surface area contributed by atoms with Crippen LogP contribution in [0, 0.1) is 5.92 Å². The molecule has 0 radical (unpaired) electrons. The zero-order chi connectivity index (χ0) is 26.7. The molecule has 36 heavy (non-hydrogen) atoms. The molecule has 3 N–H and O–H groups in total. The number of hydrogen-bond donors (Lipinski definition) is 3. The van der Waals surface area contributed by atoms with Crippen LogP contribution < -0.4 is 0 Å². The Balaban J connectivity index is 0.00000106. The number of carboxylic acids is 2. The van der Waals surface area contributed by atoms with Crippen molar-refractivity contribution >= 4 is 17.8 Å². The van der Waals surface area contributed by atoms with E-state index in [-0.39, 0.29) is 18.4 Å². The molecule has 0 spiro atoms. The SMILES string of the molecule is CC(=O)O.CCCCC(=O)N(Cc1ccc(-c2ccccc2-c2nnn[nH]2)cc1)[C@H](C(=O)O)C(C)C. The zero-order valence-electron chi connectivity index (χ0n) is 21.0. The second kappa shape index (κ2) is 13.7. The Hall–Kier alpha value is -4.08. The monoisotopic (exact) mass is 495 g/mol. The summed E-state index contributed by atoms with van der Waals surface area (Å²) in [6.07, 6.45) is 1.98. The first-order chi connectivity index (χ1) is 17.1. The number of tetrazole rings is 1. The molecule has 3 rings (SSSR count). The van der Waals surface area contributed by atoms with E-state index < -0.39 is 18.0 Å². The highest BCUT2D eigenvalue weighted by Gasteiger charge is 2.32. The van der Waals surface area contributed by atoms with E-state index >= 15 is 0 Å². The molecule has 192 valence electrons. The number of carboxylic acid groups (broad SMARTS) is 2. The Bertz CT molecular complexity index is 1130. The molecule has 1 amide bonds. The van der Waals surface area contributed by atoms with Gasteiger partial charge >= 0.3 is 5.97 Å². The number of carbonyl (C=O) groups is 3. The van der Waals surface area contributed by atoms with Gasteiger partial charge in [0, 0.05) is 25.5 Å². The predicted molar refractivity (Wildman–Crippen MR) is 135 cm³/mol. The van der Waals surface area contributed by atoms with Crippen LogP contribution in [-0.2, 0) is 20.9 Å². The van der Waals surface area contributed by atoms with Gasteiger partial charge in [0.2, 0.25) is 5.91 Å². The van der Waals surface area contributed by atoms with Crippen LogP contribution >= 0.6 is 0 Å². The maximum atomic E-state index is 12.9. The average Bonchev–Trinajstić information content (AvgIpc) is 3.37. The number of benzene rings is 2. The summed E-state index contributed by atoms with van der Waals surface area (Å²) in [5.41, 5.74) is 3.71. The summed E-state index contributed by atoms with van der Waals surface area (Å²) in [5, 5.41) is 31.3. The Kier molecular flexibility index (Phi) is 10.7. The van der Waals surface area contributed by atoms with E-state index in [1.165, 1.54) is 4.90 Å². The van der Waals surface area contributed by atoms with Gasteiger partial charge in [-0.3, -0.25) is 9.59 Å². The van der Waals surface area contributed by atoms with E-state index in [1.54, 1.807) is 0 Å². The molecule has 0 fully saturated rings. The van der Waals surface area contributed by atoms with Crippen molar-refractivity contribution in [1.82, 2.24) is 25.5 Å². The lowest BCUT2D eigenvalue weighted by atomic mass is 9.97. The van der Waals surface area contributed by atoms with Crippen LogP contribution in [0.15, 0.2) is 48.5 Å². The fourth-order valence-corrected chi connectivity index (χ4v) is 3.79.